The predicted molar refractivity (Wildman–Crippen MR) is 131 cm³/mol. The molecule has 3 aromatic rings. The number of amides is 1. The van der Waals surface area contributed by atoms with E-state index in [9.17, 15) is 14.7 Å². The molecular weight excluding hydrogens is 430 g/mol. The maximum atomic E-state index is 13.4. The van der Waals surface area contributed by atoms with Crippen molar-refractivity contribution in [2.24, 2.45) is 0 Å². The summed E-state index contributed by atoms with van der Waals surface area (Å²) in [6, 6.07) is 17.2. The van der Waals surface area contributed by atoms with Gasteiger partial charge in [-0.1, -0.05) is 29.8 Å². The number of ether oxygens (including phenoxy) is 2. The third-order valence-electron chi connectivity index (χ3n) is 6.25. The molecule has 0 aromatic heterocycles. The second-order valence-corrected chi connectivity index (χ2v) is 8.41. The molecule has 34 heavy (non-hydrogen) atoms. The molecule has 1 amide bonds. The van der Waals surface area contributed by atoms with Gasteiger partial charge in [-0.15, -0.1) is 0 Å². The number of anilines is 1. The largest absolute Gasteiger partial charge is 0.507 e. The van der Waals surface area contributed by atoms with Crippen molar-refractivity contribution in [3.8, 4) is 11.5 Å². The van der Waals surface area contributed by atoms with Crippen LogP contribution in [0, 0.1) is 20.8 Å². The third-order valence-corrected chi connectivity index (χ3v) is 6.25. The van der Waals surface area contributed by atoms with Gasteiger partial charge in [-0.25, -0.2) is 0 Å². The number of aryl methyl sites for hydroxylation is 3. The van der Waals surface area contributed by atoms with Gasteiger partial charge in [0.15, 0.2) is 0 Å². The van der Waals surface area contributed by atoms with Crippen LogP contribution in [0.4, 0.5) is 5.69 Å². The first-order valence-corrected chi connectivity index (χ1v) is 10.9. The Bertz CT molecular complexity index is 1310. The van der Waals surface area contributed by atoms with Gasteiger partial charge in [-0.05, 0) is 73.9 Å². The maximum Gasteiger partial charge on any atom is 0.300 e. The lowest BCUT2D eigenvalue weighted by Crippen LogP contribution is -2.29. The van der Waals surface area contributed by atoms with Crippen molar-refractivity contribution in [1.29, 1.82) is 0 Å². The summed E-state index contributed by atoms with van der Waals surface area (Å²) in [5.74, 6) is -0.662. The zero-order valence-corrected chi connectivity index (χ0v) is 19.9. The van der Waals surface area contributed by atoms with Gasteiger partial charge in [0.2, 0.25) is 0 Å². The van der Waals surface area contributed by atoms with Crippen molar-refractivity contribution >= 4 is 23.1 Å². The number of carbonyl (C=O) groups is 2. The minimum atomic E-state index is -0.821. The van der Waals surface area contributed by atoms with E-state index in [1.54, 1.807) is 43.5 Å². The van der Waals surface area contributed by atoms with Crippen LogP contribution in [0.25, 0.3) is 5.76 Å². The number of hydrogen-bond acceptors (Lipinski definition) is 5. The van der Waals surface area contributed by atoms with Gasteiger partial charge in [-0.3, -0.25) is 14.5 Å². The molecule has 1 N–H and O–H groups in total. The van der Waals surface area contributed by atoms with Crippen LogP contribution in [-0.4, -0.2) is 31.0 Å². The number of ketones is 1. The van der Waals surface area contributed by atoms with Crippen LogP contribution in [0.2, 0.25) is 0 Å². The Labute approximate surface area is 199 Å². The first kappa shape index (κ1) is 23.1. The number of hydrogen-bond donors (Lipinski definition) is 1. The number of aliphatic hydroxyl groups is 1. The van der Waals surface area contributed by atoms with E-state index in [-0.39, 0.29) is 11.3 Å². The minimum absolute atomic E-state index is 0.0114. The highest BCUT2D eigenvalue weighted by molar-refractivity contribution is 6.51. The van der Waals surface area contributed by atoms with E-state index in [2.05, 4.69) is 0 Å². The molecule has 1 heterocycles. The average molecular weight is 458 g/mol. The van der Waals surface area contributed by atoms with Gasteiger partial charge in [0.25, 0.3) is 11.7 Å². The zero-order valence-electron chi connectivity index (χ0n) is 19.9. The molecule has 174 valence electrons. The summed E-state index contributed by atoms with van der Waals surface area (Å²) < 4.78 is 10.7. The Morgan fingerprint density at radius 1 is 0.853 bits per heavy atom. The molecule has 0 aliphatic carbocycles. The lowest BCUT2D eigenvalue weighted by atomic mass is 9.94. The van der Waals surface area contributed by atoms with Gasteiger partial charge < -0.3 is 14.6 Å². The number of Topliss-reactive ketones (excluding diaryl/α,β-unsaturated/α-hetero) is 1. The molecule has 0 spiro atoms. The lowest BCUT2D eigenvalue weighted by Gasteiger charge is -2.26. The molecular formula is C28H27NO5. The third kappa shape index (κ3) is 3.92. The molecule has 1 atom stereocenters. The fourth-order valence-electron chi connectivity index (χ4n) is 4.23. The minimum Gasteiger partial charge on any atom is -0.507 e. The SMILES string of the molecule is COc1ccc(C2/C(=C(\O)c3cc(C)ccc3OC)C(=O)C(=O)N2c2ccc(C)c(C)c2)cc1. The number of rotatable bonds is 5. The second-order valence-electron chi connectivity index (χ2n) is 8.41. The molecule has 1 unspecified atom stereocenters. The van der Waals surface area contributed by atoms with E-state index in [4.69, 9.17) is 9.47 Å². The van der Waals surface area contributed by atoms with Crippen LogP contribution in [0.15, 0.2) is 66.2 Å². The molecule has 0 saturated carbocycles. The van der Waals surface area contributed by atoms with Crippen LogP contribution in [0.5, 0.6) is 11.5 Å². The number of benzene rings is 3. The zero-order chi connectivity index (χ0) is 24.6. The summed E-state index contributed by atoms with van der Waals surface area (Å²) in [7, 11) is 3.07. The number of methoxy groups -OCH3 is 2. The van der Waals surface area contributed by atoms with E-state index in [0.717, 1.165) is 16.7 Å². The first-order chi connectivity index (χ1) is 16.3. The Kier molecular flexibility index (Phi) is 6.16. The molecule has 1 aliphatic rings. The smallest absolute Gasteiger partial charge is 0.300 e. The quantitative estimate of drug-likeness (QED) is 0.322. The topological polar surface area (TPSA) is 76.1 Å². The molecule has 0 radical (unpaired) electrons. The van der Waals surface area contributed by atoms with Crippen LogP contribution in [0.1, 0.15) is 33.9 Å². The lowest BCUT2D eigenvalue weighted by molar-refractivity contribution is -0.132. The van der Waals surface area contributed by atoms with E-state index in [1.807, 2.05) is 45.0 Å². The molecule has 3 aromatic carbocycles. The number of aliphatic hydroxyl groups excluding tert-OH is 1. The van der Waals surface area contributed by atoms with Gasteiger partial charge in [0, 0.05) is 5.69 Å². The van der Waals surface area contributed by atoms with E-state index in [0.29, 0.717) is 28.3 Å². The standard InChI is InChI=1S/C28H27NO5/c1-16-6-13-23(34-5)22(14-16)26(30)24-25(19-8-11-21(33-4)12-9-19)29(28(32)27(24)31)20-10-7-17(2)18(3)15-20/h6-15,25,30H,1-5H3/b26-24+. The molecule has 1 aliphatic heterocycles. The second kappa shape index (κ2) is 9.06. The van der Waals surface area contributed by atoms with Gasteiger partial charge in [0.1, 0.15) is 17.3 Å². The summed E-state index contributed by atoms with van der Waals surface area (Å²) in [5, 5.41) is 11.4. The fraction of sp³-hybridized carbons (Fsp3) is 0.214. The molecule has 4 rings (SSSR count). The highest BCUT2D eigenvalue weighted by atomic mass is 16.5. The maximum absolute atomic E-state index is 13.4. The molecule has 1 fully saturated rings. The van der Waals surface area contributed by atoms with E-state index < -0.39 is 17.7 Å². The Hall–Kier alpha value is -4.06. The van der Waals surface area contributed by atoms with Crippen LogP contribution < -0.4 is 14.4 Å². The highest BCUT2D eigenvalue weighted by Crippen LogP contribution is 2.44. The normalized spacial score (nSPS) is 17.2. The Morgan fingerprint density at radius 3 is 2.18 bits per heavy atom. The Morgan fingerprint density at radius 2 is 1.56 bits per heavy atom. The molecule has 1 saturated heterocycles. The highest BCUT2D eigenvalue weighted by Gasteiger charge is 2.47. The van der Waals surface area contributed by atoms with Crippen molar-refractivity contribution in [1.82, 2.24) is 0 Å². The van der Waals surface area contributed by atoms with Crippen molar-refractivity contribution in [2.75, 3.05) is 19.1 Å². The van der Waals surface area contributed by atoms with Crippen molar-refractivity contribution < 1.29 is 24.2 Å². The van der Waals surface area contributed by atoms with Crippen molar-refractivity contribution in [2.45, 2.75) is 26.8 Å². The van der Waals surface area contributed by atoms with Gasteiger partial charge in [0.05, 0.1) is 31.4 Å². The van der Waals surface area contributed by atoms with Crippen molar-refractivity contribution in [3.63, 3.8) is 0 Å². The average Bonchev–Trinajstić information content (AvgIpc) is 3.10. The van der Waals surface area contributed by atoms with E-state index in [1.165, 1.54) is 12.0 Å². The van der Waals surface area contributed by atoms with Gasteiger partial charge in [-0.2, -0.15) is 0 Å². The van der Waals surface area contributed by atoms with E-state index >= 15 is 0 Å². The molecule has 0 bridgehead atoms. The Balaban J connectivity index is 1.98. The number of nitrogens with zero attached hydrogens (tertiary/aromatic N) is 1. The summed E-state index contributed by atoms with van der Waals surface area (Å²) in [4.78, 5) is 28.2. The van der Waals surface area contributed by atoms with Crippen molar-refractivity contribution in [3.05, 3.63) is 94.1 Å². The van der Waals surface area contributed by atoms with Gasteiger partial charge >= 0.3 is 0 Å². The number of carbonyl (C=O) groups excluding carboxylic acids is 2. The summed E-state index contributed by atoms with van der Waals surface area (Å²) in [6.45, 7) is 5.82. The summed E-state index contributed by atoms with van der Waals surface area (Å²) in [5.41, 5.74) is 4.58. The van der Waals surface area contributed by atoms with Crippen LogP contribution >= 0.6 is 0 Å². The molecule has 6 nitrogen and oxygen atoms in total. The first-order valence-electron chi connectivity index (χ1n) is 10.9. The fourth-order valence-corrected chi connectivity index (χ4v) is 4.23. The van der Waals surface area contributed by atoms with Crippen LogP contribution in [-0.2, 0) is 9.59 Å². The predicted octanol–water partition coefficient (Wildman–Crippen LogP) is 5.26. The summed E-state index contributed by atoms with van der Waals surface area (Å²) in [6.07, 6.45) is 0. The monoisotopic (exact) mass is 457 g/mol. The molecule has 6 heteroatoms. The summed E-state index contributed by atoms with van der Waals surface area (Å²) >= 11 is 0. The van der Waals surface area contributed by atoms with Crippen LogP contribution in [0.3, 0.4) is 0 Å².